The summed E-state index contributed by atoms with van der Waals surface area (Å²) in [7, 11) is 0. The lowest BCUT2D eigenvalue weighted by Crippen LogP contribution is -2.39. The average Bonchev–Trinajstić information content (AvgIpc) is 3.47. The van der Waals surface area contributed by atoms with Crippen molar-refractivity contribution in [1.82, 2.24) is 4.57 Å². The second-order valence-corrected chi connectivity index (χ2v) is 10.6. The molecule has 1 unspecified atom stereocenters. The number of allylic oxidation sites excluding steroid dienone is 1. The van der Waals surface area contributed by atoms with E-state index in [1.165, 1.54) is 22.7 Å². The van der Waals surface area contributed by atoms with Crippen molar-refractivity contribution in [3.8, 4) is 0 Å². The Labute approximate surface area is 212 Å². The van der Waals surface area contributed by atoms with E-state index in [-0.39, 0.29) is 12.2 Å². The van der Waals surface area contributed by atoms with Crippen molar-refractivity contribution in [1.29, 1.82) is 0 Å². The quantitative estimate of drug-likeness (QED) is 0.335. The summed E-state index contributed by atoms with van der Waals surface area (Å²) in [6, 6.07) is 20.6. The van der Waals surface area contributed by atoms with Crippen LogP contribution in [0, 0.1) is 0 Å². The summed E-state index contributed by atoms with van der Waals surface area (Å²) in [6.45, 7) is 1.95. The van der Waals surface area contributed by atoms with Gasteiger partial charge in [0.15, 0.2) is 4.80 Å². The number of aromatic nitrogens is 1. The number of halogens is 1. The van der Waals surface area contributed by atoms with Crippen molar-refractivity contribution in [2.24, 2.45) is 4.99 Å². The Morgan fingerprint density at radius 3 is 2.59 bits per heavy atom. The fourth-order valence-electron chi connectivity index (χ4n) is 3.81. The maximum Gasteiger partial charge on any atom is 0.338 e. The van der Waals surface area contributed by atoms with Crippen LogP contribution in [0.25, 0.3) is 6.08 Å². The second-order valence-electron chi connectivity index (χ2n) is 7.71. The van der Waals surface area contributed by atoms with Crippen molar-refractivity contribution in [2.45, 2.75) is 19.6 Å². The first-order valence-electron chi connectivity index (χ1n) is 10.5. The zero-order valence-electron chi connectivity index (χ0n) is 18.1. The summed E-state index contributed by atoms with van der Waals surface area (Å²) in [5, 5.41) is 1.94. The van der Waals surface area contributed by atoms with Gasteiger partial charge in [0.2, 0.25) is 0 Å². The topological polar surface area (TPSA) is 60.7 Å². The molecule has 2 aromatic carbocycles. The predicted octanol–water partition coefficient (Wildman–Crippen LogP) is 4.80. The molecule has 5 nitrogen and oxygen atoms in total. The summed E-state index contributed by atoms with van der Waals surface area (Å²) in [5.74, 6) is -0.467. The Kier molecular flexibility index (Phi) is 6.45. The first kappa shape index (κ1) is 22.7. The van der Waals surface area contributed by atoms with Gasteiger partial charge in [-0.15, -0.1) is 11.3 Å². The number of benzene rings is 2. The van der Waals surface area contributed by atoms with E-state index >= 15 is 0 Å². The Bertz CT molecular complexity index is 1550. The molecule has 2 aromatic heterocycles. The number of esters is 1. The van der Waals surface area contributed by atoms with E-state index in [4.69, 9.17) is 4.74 Å². The molecule has 0 aliphatic carbocycles. The van der Waals surface area contributed by atoms with Crippen LogP contribution in [0.3, 0.4) is 0 Å². The summed E-state index contributed by atoms with van der Waals surface area (Å²) in [6.07, 6.45) is 1.86. The summed E-state index contributed by atoms with van der Waals surface area (Å²) in [5.41, 5.74) is 2.59. The van der Waals surface area contributed by atoms with Crippen molar-refractivity contribution < 1.29 is 9.53 Å². The highest BCUT2D eigenvalue weighted by atomic mass is 79.9. The van der Waals surface area contributed by atoms with Gasteiger partial charge in [-0.2, -0.15) is 0 Å². The zero-order valence-corrected chi connectivity index (χ0v) is 21.3. The van der Waals surface area contributed by atoms with E-state index in [1.54, 1.807) is 11.5 Å². The number of carbonyl (C=O) groups excluding carboxylic acids is 1. The van der Waals surface area contributed by atoms with Gasteiger partial charge in [0.25, 0.3) is 5.56 Å². The molecule has 170 valence electrons. The fourth-order valence-corrected chi connectivity index (χ4v) is 5.94. The van der Waals surface area contributed by atoms with Crippen LogP contribution in [0.15, 0.2) is 97.6 Å². The number of hydrogen-bond donors (Lipinski definition) is 0. The van der Waals surface area contributed by atoms with Crippen LogP contribution in [-0.2, 0) is 16.1 Å². The van der Waals surface area contributed by atoms with E-state index in [2.05, 4.69) is 20.9 Å². The molecule has 0 saturated heterocycles. The highest BCUT2D eigenvalue weighted by molar-refractivity contribution is 9.10. The molecule has 0 amide bonds. The fraction of sp³-hybridized carbons (Fsp3) is 0.115. The molecule has 1 atom stereocenters. The number of nitrogens with zero attached hydrogens (tertiary/aromatic N) is 2. The molecule has 1 aliphatic rings. The van der Waals surface area contributed by atoms with Crippen molar-refractivity contribution in [3.05, 3.63) is 124 Å². The van der Waals surface area contributed by atoms with E-state index in [0.29, 0.717) is 20.6 Å². The van der Waals surface area contributed by atoms with Crippen LogP contribution in [0.2, 0.25) is 0 Å². The molecule has 1 aliphatic heterocycles. The van der Waals surface area contributed by atoms with Gasteiger partial charge in [-0.25, -0.2) is 9.79 Å². The maximum atomic E-state index is 13.5. The lowest BCUT2D eigenvalue weighted by Gasteiger charge is -2.23. The highest BCUT2D eigenvalue weighted by Crippen LogP contribution is 2.33. The first-order valence-corrected chi connectivity index (χ1v) is 13.0. The molecule has 8 heteroatoms. The molecule has 5 rings (SSSR count). The van der Waals surface area contributed by atoms with Crippen LogP contribution < -0.4 is 14.9 Å². The standard InChI is InChI=1S/C26H19BrN2O3S2/c1-16-22(25(31)32-15-18-6-3-2-4-7-18)23(20-8-5-13-33-20)29-24(30)21(34-26(29)28-16)14-17-9-11-19(27)12-10-17/h2-14,23H,15H2,1H3/b21-14+. The molecule has 0 spiro atoms. The predicted molar refractivity (Wildman–Crippen MR) is 138 cm³/mol. The van der Waals surface area contributed by atoms with Crippen molar-refractivity contribution >= 4 is 50.6 Å². The molecule has 0 fully saturated rings. The van der Waals surface area contributed by atoms with Gasteiger partial charge >= 0.3 is 5.97 Å². The van der Waals surface area contributed by atoms with Crippen LogP contribution in [0.4, 0.5) is 0 Å². The summed E-state index contributed by atoms with van der Waals surface area (Å²) < 4.78 is 8.81. The van der Waals surface area contributed by atoms with Crippen LogP contribution in [0.1, 0.15) is 29.0 Å². The van der Waals surface area contributed by atoms with Crippen LogP contribution >= 0.6 is 38.6 Å². The number of hydrogen-bond acceptors (Lipinski definition) is 6. The molecule has 34 heavy (non-hydrogen) atoms. The first-order chi connectivity index (χ1) is 16.5. The van der Waals surface area contributed by atoms with Gasteiger partial charge < -0.3 is 4.74 Å². The van der Waals surface area contributed by atoms with E-state index in [9.17, 15) is 9.59 Å². The lowest BCUT2D eigenvalue weighted by molar-refractivity contribution is -0.140. The molecule has 0 saturated carbocycles. The third kappa shape index (κ3) is 4.49. The third-order valence-corrected chi connectivity index (χ3v) is 7.87. The number of thiophene rings is 1. The Morgan fingerprint density at radius 1 is 1.12 bits per heavy atom. The minimum absolute atomic E-state index is 0.154. The number of carbonyl (C=O) groups is 1. The smallest absolute Gasteiger partial charge is 0.338 e. The number of ether oxygens (including phenoxy) is 1. The van der Waals surface area contributed by atoms with Crippen LogP contribution in [0.5, 0.6) is 0 Å². The third-order valence-electron chi connectivity index (χ3n) is 5.43. The summed E-state index contributed by atoms with van der Waals surface area (Å²) >= 11 is 6.26. The normalized spacial score (nSPS) is 15.7. The van der Waals surface area contributed by atoms with Gasteiger partial charge in [-0.3, -0.25) is 9.36 Å². The second kappa shape index (κ2) is 9.66. The monoisotopic (exact) mass is 550 g/mol. The van der Waals surface area contributed by atoms with Gasteiger partial charge in [-0.05, 0) is 47.7 Å². The number of thiazole rings is 1. The van der Waals surface area contributed by atoms with Crippen molar-refractivity contribution in [3.63, 3.8) is 0 Å². The minimum Gasteiger partial charge on any atom is -0.457 e. The minimum atomic E-state index is -0.577. The van der Waals surface area contributed by atoms with Crippen LogP contribution in [-0.4, -0.2) is 10.5 Å². The zero-order chi connectivity index (χ0) is 23.7. The Hall–Kier alpha value is -3.07. The molecule has 0 bridgehead atoms. The Balaban J connectivity index is 1.58. The van der Waals surface area contributed by atoms with Gasteiger partial charge in [0, 0.05) is 9.35 Å². The molecule has 0 radical (unpaired) electrons. The highest BCUT2D eigenvalue weighted by Gasteiger charge is 2.34. The summed E-state index contributed by atoms with van der Waals surface area (Å²) in [4.78, 5) is 32.9. The molecule has 0 N–H and O–H groups in total. The van der Waals surface area contributed by atoms with E-state index < -0.39 is 12.0 Å². The molecular weight excluding hydrogens is 532 g/mol. The SMILES string of the molecule is CC1=C(C(=O)OCc2ccccc2)C(c2cccs2)n2c(s/c(=C/c3ccc(Br)cc3)c2=O)=N1. The molecule has 4 aromatic rings. The van der Waals surface area contributed by atoms with Gasteiger partial charge in [0.05, 0.1) is 15.8 Å². The number of rotatable bonds is 5. The van der Waals surface area contributed by atoms with E-state index in [1.807, 2.05) is 78.2 Å². The lowest BCUT2D eigenvalue weighted by atomic mass is 10.0. The average molecular weight is 551 g/mol. The largest absolute Gasteiger partial charge is 0.457 e. The van der Waals surface area contributed by atoms with Gasteiger partial charge in [-0.1, -0.05) is 75.8 Å². The number of fused-ring (bicyclic) bond motifs is 1. The van der Waals surface area contributed by atoms with Crippen molar-refractivity contribution in [2.75, 3.05) is 0 Å². The molecular formula is C26H19BrN2O3S2. The maximum absolute atomic E-state index is 13.5. The Morgan fingerprint density at radius 2 is 1.88 bits per heavy atom. The van der Waals surface area contributed by atoms with Gasteiger partial charge in [0.1, 0.15) is 12.6 Å². The molecule has 3 heterocycles. The van der Waals surface area contributed by atoms with E-state index in [0.717, 1.165) is 20.5 Å².